The quantitative estimate of drug-likeness (QED) is 0.830. The molecule has 0 radical (unpaired) electrons. The lowest BCUT2D eigenvalue weighted by Crippen LogP contribution is -2.04. The predicted octanol–water partition coefficient (Wildman–Crippen LogP) is 3.05. The van der Waals surface area contributed by atoms with Crippen LogP contribution < -0.4 is 4.74 Å². The first-order valence-corrected chi connectivity index (χ1v) is 6.25. The Labute approximate surface area is 107 Å². The fourth-order valence-electron chi connectivity index (χ4n) is 2.57. The molecule has 1 aliphatic carbocycles. The van der Waals surface area contributed by atoms with E-state index in [1.54, 1.807) is 7.11 Å². The molecule has 1 saturated carbocycles. The first-order valence-electron chi connectivity index (χ1n) is 6.25. The number of hydrogen-bond acceptors (Lipinski definition) is 2. The molecule has 1 unspecified atom stereocenters. The van der Waals surface area contributed by atoms with Crippen LogP contribution in [0, 0.1) is 5.92 Å². The lowest BCUT2D eigenvalue weighted by Gasteiger charge is -2.12. The molecule has 0 amide bonds. The van der Waals surface area contributed by atoms with Crippen LogP contribution in [-0.4, -0.2) is 18.2 Å². The largest absolute Gasteiger partial charge is 0.497 e. The molecule has 0 bridgehead atoms. The monoisotopic (exact) mass is 246 g/mol. The fourth-order valence-corrected chi connectivity index (χ4v) is 2.57. The molecule has 1 aromatic carbocycles. The van der Waals surface area contributed by atoms with Gasteiger partial charge >= 0.3 is 5.97 Å². The van der Waals surface area contributed by atoms with E-state index >= 15 is 0 Å². The maximum Gasteiger partial charge on any atom is 0.328 e. The first kappa shape index (κ1) is 12.7. The minimum Gasteiger partial charge on any atom is -0.497 e. The zero-order valence-electron chi connectivity index (χ0n) is 10.6. The van der Waals surface area contributed by atoms with E-state index in [0.29, 0.717) is 5.92 Å². The lowest BCUT2D eigenvalue weighted by molar-refractivity contribution is -0.131. The summed E-state index contributed by atoms with van der Waals surface area (Å²) in [5.74, 6) is 0.410. The van der Waals surface area contributed by atoms with Crippen LogP contribution in [0.1, 0.15) is 24.8 Å². The number of allylic oxidation sites excluding steroid dienone is 1. The van der Waals surface area contributed by atoms with Crippen molar-refractivity contribution in [3.63, 3.8) is 0 Å². The van der Waals surface area contributed by atoms with Crippen LogP contribution in [0.3, 0.4) is 0 Å². The second-order valence-electron chi connectivity index (χ2n) is 4.70. The van der Waals surface area contributed by atoms with Gasteiger partial charge in [0.05, 0.1) is 7.11 Å². The number of ether oxygens (including phenoxy) is 1. The predicted molar refractivity (Wildman–Crippen MR) is 69.8 cm³/mol. The second kappa shape index (κ2) is 5.71. The van der Waals surface area contributed by atoms with Crippen molar-refractivity contribution in [3.8, 4) is 5.75 Å². The average Bonchev–Trinajstić information content (AvgIpc) is 2.77. The molecule has 1 fully saturated rings. The Morgan fingerprint density at radius 2 is 2.17 bits per heavy atom. The third-order valence-electron chi connectivity index (χ3n) is 3.49. The smallest absolute Gasteiger partial charge is 0.328 e. The molecule has 1 aromatic rings. The molecule has 1 atom stereocenters. The molecule has 0 heterocycles. The highest BCUT2D eigenvalue weighted by Gasteiger charge is 2.21. The number of methoxy groups -OCH3 is 1. The SMILES string of the molecule is COc1ccc(CC2CCC/C2=C\C(=O)O)cc1. The van der Waals surface area contributed by atoms with E-state index in [-0.39, 0.29) is 0 Å². The first-order chi connectivity index (χ1) is 8.69. The number of benzene rings is 1. The van der Waals surface area contributed by atoms with Gasteiger partial charge in [-0.3, -0.25) is 0 Å². The number of aliphatic carboxylic acids is 1. The van der Waals surface area contributed by atoms with E-state index in [1.807, 2.05) is 12.1 Å². The highest BCUT2D eigenvalue weighted by atomic mass is 16.5. The van der Waals surface area contributed by atoms with Crippen LogP contribution >= 0.6 is 0 Å². The number of rotatable bonds is 4. The number of carboxylic acids is 1. The Morgan fingerprint density at radius 1 is 1.44 bits per heavy atom. The van der Waals surface area contributed by atoms with Gasteiger partial charge in [0.15, 0.2) is 0 Å². The molecule has 3 nitrogen and oxygen atoms in total. The second-order valence-corrected chi connectivity index (χ2v) is 4.70. The van der Waals surface area contributed by atoms with Gasteiger partial charge in [0.2, 0.25) is 0 Å². The molecule has 1 N–H and O–H groups in total. The molecule has 2 rings (SSSR count). The van der Waals surface area contributed by atoms with E-state index in [1.165, 1.54) is 11.6 Å². The topological polar surface area (TPSA) is 46.5 Å². The summed E-state index contributed by atoms with van der Waals surface area (Å²) in [7, 11) is 1.65. The van der Waals surface area contributed by atoms with Crippen molar-refractivity contribution in [1.29, 1.82) is 0 Å². The normalized spacial score (nSPS) is 21.2. The number of hydrogen-bond donors (Lipinski definition) is 1. The summed E-state index contributed by atoms with van der Waals surface area (Å²) >= 11 is 0. The summed E-state index contributed by atoms with van der Waals surface area (Å²) in [4.78, 5) is 10.7. The Kier molecular flexibility index (Phi) is 4.03. The highest BCUT2D eigenvalue weighted by molar-refractivity contribution is 5.80. The van der Waals surface area contributed by atoms with Gasteiger partial charge in [-0.15, -0.1) is 0 Å². The van der Waals surface area contributed by atoms with Gasteiger partial charge in [-0.05, 0) is 49.3 Å². The van der Waals surface area contributed by atoms with E-state index in [4.69, 9.17) is 9.84 Å². The Morgan fingerprint density at radius 3 is 2.78 bits per heavy atom. The van der Waals surface area contributed by atoms with Crippen molar-refractivity contribution < 1.29 is 14.6 Å². The highest BCUT2D eigenvalue weighted by Crippen LogP contribution is 2.33. The molecular weight excluding hydrogens is 228 g/mol. The van der Waals surface area contributed by atoms with Crippen molar-refractivity contribution in [2.75, 3.05) is 7.11 Å². The summed E-state index contributed by atoms with van der Waals surface area (Å²) in [6.45, 7) is 0. The van der Waals surface area contributed by atoms with Gasteiger partial charge in [-0.25, -0.2) is 4.79 Å². The molecule has 18 heavy (non-hydrogen) atoms. The minimum absolute atomic E-state index is 0.384. The van der Waals surface area contributed by atoms with Crippen molar-refractivity contribution in [2.24, 2.45) is 5.92 Å². The molecule has 3 heteroatoms. The van der Waals surface area contributed by atoms with Crippen molar-refractivity contribution >= 4 is 5.97 Å². The average molecular weight is 246 g/mol. The lowest BCUT2D eigenvalue weighted by atomic mass is 9.94. The molecule has 0 spiro atoms. The van der Waals surface area contributed by atoms with E-state index in [0.717, 1.165) is 37.0 Å². The maximum absolute atomic E-state index is 10.7. The summed E-state index contributed by atoms with van der Waals surface area (Å²) in [5, 5.41) is 8.83. The van der Waals surface area contributed by atoms with Crippen molar-refractivity contribution in [3.05, 3.63) is 41.5 Å². The summed E-state index contributed by atoms with van der Waals surface area (Å²) < 4.78 is 5.12. The zero-order chi connectivity index (χ0) is 13.0. The fraction of sp³-hybridized carbons (Fsp3) is 0.400. The van der Waals surface area contributed by atoms with E-state index in [2.05, 4.69) is 12.1 Å². The summed E-state index contributed by atoms with van der Waals surface area (Å²) in [6, 6.07) is 8.00. The number of carboxylic acid groups (broad SMARTS) is 1. The van der Waals surface area contributed by atoms with Crippen LogP contribution in [0.15, 0.2) is 35.9 Å². The standard InChI is InChI=1S/C15H18O3/c1-18-14-7-5-11(6-8-14)9-12-3-2-4-13(12)10-15(16)17/h5-8,10,12H,2-4,9H2,1H3,(H,16,17)/b13-10+. The Balaban J connectivity index is 2.05. The summed E-state index contributed by atoms with van der Waals surface area (Å²) in [5.41, 5.74) is 2.32. The van der Waals surface area contributed by atoms with Crippen molar-refractivity contribution in [2.45, 2.75) is 25.7 Å². The van der Waals surface area contributed by atoms with Crippen LogP contribution in [0.5, 0.6) is 5.75 Å². The van der Waals surface area contributed by atoms with Gasteiger partial charge in [0, 0.05) is 6.08 Å². The molecule has 0 aliphatic heterocycles. The molecule has 1 aliphatic rings. The van der Waals surface area contributed by atoms with Gasteiger partial charge in [0.1, 0.15) is 5.75 Å². The minimum atomic E-state index is -0.827. The Hall–Kier alpha value is -1.77. The zero-order valence-corrected chi connectivity index (χ0v) is 10.6. The summed E-state index contributed by atoms with van der Waals surface area (Å²) in [6.07, 6.45) is 5.42. The van der Waals surface area contributed by atoms with Gasteiger partial charge in [0.25, 0.3) is 0 Å². The maximum atomic E-state index is 10.7. The van der Waals surface area contributed by atoms with E-state index in [9.17, 15) is 4.79 Å². The van der Waals surface area contributed by atoms with Gasteiger partial charge in [-0.1, -0.05) is 17.7 Å². The van der Waals surface area contributed by atoms with Crippen molar-refractivity contribution in [1.82, 2.24) is 0 Å². The molecule has 0 saturated heterocycles. The van der Waals surface area contributed by atoms with E-state index < -0.39 is 5.97 Å². The third-order valence-corrected chi connectivity index (χ3v) is 3.49. The molecular formula is C15H18O3. The Bertz CT molecular complexity index is 445. The molecule has 0 aromatic heterocycles. The third kappa shape index (κ3) is 3.13. The van der Waals surface area contributed by atoms with Crippen LogP contribution in [0.2, 0.25) is 0 Å². The van der Waals surface area contributed by atoms with Crippen LogP contribution in [-0.2, 0) is 11.2 Å². The van der Waals surface area contributed by atoms with Gasteiger partial charge in [-0.2, -0.15) is 0 Å². The van der Waals surface area contributed by atoms with Gasteiger partial charge < -0.3 is 9.84 Å². The van der Waals surface area contributed by atoms with Crippen LogP contribution in [0.25, 0.3) is 0 Å². The van der Waals surface area contributed by atoms with Crippen LogP contribution in [0.4, 0.5) is 0 Å². The molecule has 96 valence electrons. The number of carbonyl (C=O) groups is 1.